The Labute approximate surface area is 116 Å². The summed E-state index contributed by atoms with van der Waals surface area (Å²) in [5.74, 6) is 1.72. The third-order valence-corrected chi connectivity index (χ3v) is 4.67. The van der Waals surface area contributed by atoms with Gasteiger partial charge in [0.05, 0.1) is 0 Å². The van der Waals surface area contributed by atoms with Gasteiger partial charge in [-0.1, -0.05) is 0 Å². The van der Waals surface area contributed by atoms with E-state index in [1.165, 1.54) is 19.3 Å². The Bertz CT molecular complexity index is 326. The number of rotatable bonds is 1. The van der Waals surface area contributed by atoms with Crippen LogP contribution in [0.15, 0.2) is 0 Å². The van der Waals surface area contributed by atoms with Gasteiger partial charge in [-0.05, 0) is 63.5 Å². The summed E-state index contributed by atoms with van der Waals surface area (Å²) in [6, 6.07) is 0. The van der Waals surface area contributed by atoms with E-state index in [1.54, 1.807) is 0 Å². The standard InChI is InChI=1S/C14H25NO2S/c1-13(2,3)17-12(16)15-7-6-14(10-15)5-4-11(8-14)9-18/h11,18H,4-10H2,1-3H3/t11-,14+/m0/s1. The highest BCUT2D eigenvalue weighted by molar-refractivity contribution is 7.80. The first-order valence-corrected chi connectivity index (χ1v) is 7.56. The predicted octanol–water partition coefficient (Wildman–Crippen LogP) is 3.34. The van der Waals surface area contributed by atoms with Crippen LogP contribution >= 0.6 is 12.6 Å². The van der Waals surface area contributed by atoms with Crippen LogP contribution in [0.3, 0.4) is 0 Å². The third kappa shape index (κ3) is 3.14. The van der Waals surface area contributed by atoms with Crippen LogP contribution in [0.2, 0.25) is 0 Å². The molecule has 1 spiro atoms. The van der Waals surface area contributed by atoms with Crippen molar-refractivity contribution in [3.63, 3.8) is 0 Å². The zero-order chi connectivity index (χ0) is 13.4. The molecule has 0 aromatic carbocycles. The van der Waals surface area contributed by atoms with Crippen molar-refractivity contribution < 1.29 is 9.53 Å². The molecule has 1 saturated heterocycles. The molecule has 0 unspecified atom stereocenters. The van der Waals surface area contributed by atoms with Crippen LogP contribution in [0.5, 0.6) is 0 Å². The van der Waals surface area contributed by atoms with Crippen LogP contribution in [-0.2, 0) is 4.74 Å². The first kappa shape index (κ1) is 14.0. The zero-order valence-corrected chi connectivity index (χ0v) is 12.6. The number of carbonyl (C=O) groups excluding carboxylic acids is 1. The van der Waals surface area contributed by atoms with Crippen molar-refractivity contribution >= 4 is 18.7 Å². The van der Waals surface area contributed by atoms with E-state index in [0.717, 1.165) is 31.2 Å². The van der Waals surface area contributed by atoms with Crippen LogP contribution in [-0.4, -0.2) is 35.4 Å². The maximum Gasteiger partial charge on any atom is 0.410 e. The minimum Gasteiger partial charge on any atom is -0.444 e. The maximum atomic E-state index is 12.0. The Morgan fingerprint density at radius 1 is 1.44 bits per heavy atom. The molecule has 0 radical (unpaired) electrons. The maximum absolute atomic E-state index is 12.0. The van der Waals surface area contributed by atoms with Gasteiger partial charge >= 0.3 is 6.09 Å². The summed E-state index contributed by atoms with van der Waals surface area (Å²) in [6.45, 7) is 7.50. The fraction of sp³-hybridized carbons (Fsp3) is 0.929. The summed E-state index contributed by atoms with van der Waals surface area (Å²) >= 11 is 4.41. The van der Waals surface area contributed by atoms with Gasteiger partial charge in [0.25, 0.3) is 0 Å². The van der Waals surface area contributed by atoms with Crippen molar-refractivity contribution in [1.82, 2.24) is 4.90 Å². The molecule has 0 aromatic heterocycles. The zero-order valence-electron chi connectivity index (χ0n) is 11.7. The first-order chi connectivity index (χ1) is 8.34. The molecule has 2 fully saturated rings. The van der Waals surface area contributed by atoms with Gasteiger partial charge < -0.3 is 9.64 Å². The van der Waals surface area contributed by atoms with Crippen LogP contribution < -0.4 is 0 Å². The van der Waals surface area contributed by atoms with E-state index < -0.39 is 5.60 Å². The molecule has 1 heterocycles. The SMILES string of the molecule is CC(C)(C)OC(=O)N1CC[C@@]2(CC[C@H](CS)C2)C1. The van der Waals surface area contributed by atoms with Crippen molar-refractivity contribution in [2.24, 2.45) is 11.3 Å². The average Bonchev–Trinajstić information content (AvgIpc) is 2.84. The molecule has 1 aliphatic carbocycles. The Hall–Kier alpha value is -0.380. The number of nitrogens with zero attached hydrogens (tertiary/aromatic N) is 1. The quantitative estimate of drug-likeness (QED) is 0.741. The van der Waals surface area contributed by atoms with Gasteiger partial charge in [-0.3, -0.25) is 0 Å². The predicted molar refractivity (Wildman–Crippen MR) is 76.1 cm³/mol. The summed E-state index contributed by atoms with van der Waals surface area (Å²) in [5.41, 5.74) is -0.0273. The van der Waals surface area contributed by atoms with Gasteiger partial charge in [0.15, 0.2) is 0 Å². The minimum absolute atomic E-state index is 0.145. The summed E-state index contributed by atoms with van der Waals surface area (Å²) in [4.78, 5) is 13.9. The number of hydrogen-bond acceptors (Lipinski definition) is 3. The van der Waals surface area contributed by atoms with E-state index in [9.17, 15) is 4.79 Å². The van der Waals surface area contributed by atoms with Gasteiger partial charge in [-0.25, -0.2) is 4.79 Å². The monoisotopic (exact) mass is 271 g/mol. The topological polar surface area (TPSA) is 29.5 Å². The lowest BCUT2D eigenvalue weighted by Gasteiger charge is -2.27. The molecule has 104 valence electrons. The van der Waals surface area contributed by atoms with Crippen molar-refractivity contribution in [2.45, 2.75) is 52.1 Å². The van der Waals surface area contributed by atoms with E-state index >= 15 is 0 Å². The largest absolute Gasteiger partial charge is 0.444 e. The van der Waals surface area contributed by atoms with Crippen molar-refractivity contribution in [3.8, 4) is 0 Å². The highest BCUT2D eigenvalue weighted by atomic mass is 32.1. The number of carbonyl (C=O) groups is 1. The second kappa shape index (κ2) is 4.95. The number of ether oxygens (including phenoxy) is 1. The van der Waals surface area contributed by atoms with Crippen LogP contribution in [0.4, 0.5) is 4.79 Å². The van der Waals surface area contributed by atoms with Crippen molar-refractivity contribution in [3.05, 3.63) is 0 Å². The summed E-state index contributed by atoms with van der Waals surface area (Å²) in [6.07, 6.45) is 4.74. The second-order valence-electron chi connectivity index (χ2n) is 6.94. The molecule has 4 heteroatoms. The molecular formula is C14H25NO2S. The lowest BCUT2D eigenvalue weighted by Crippen LogP contribution is -2.36. The lowest BCUT2D eigenvalue weighted by atomic mass is 9.85. The number of hydrogen-bond donors (Lipinski definition) is 1. The van der Waals surface area contributed by atoms with Gasteiger partial charge in [-0.2, -0.15) is 12.6 Å². The molecular weight excluding hydrogens is 246 g/mol. The van der Waals surface area contributed by atoms with Gasteiger partial charge in [0.1, 0.15) is 5.60 Å². The van der Waals surface area contributed by atoms with E-state index in [4.69, 9.17) is 4.74 Å². The van der Waals surface area contributed by atoms with Crippen molar-refractivity contribution in [1.29, 1.82) is 0 Å². The lowest BCUT2D eigenvalue weighted by molar-refractivity contribution is 0.0273. The molecule has 1 saturated carbocycles. The molecule has 2 aliphatic rings. The summed E-state index contributed by atoms with van der Waals surface area (Å²) in [5, 5.41) is 0. The molecule has 3 nitrogen and oxygen atoms in total. The van der Waals surface area contributed by atoms with E-state index in [1.807, 2.05) is 25.7 Å². The Balaban J connectivity index is 1.91. The van der Waals surface area contributed by atoms with Gasteiger partial charge in [0.2, 0.25) is 0 Å². The van der Waals surface area contributed by atoms with Crippen LogP contribution in [0, 0.1) is 11.3 Å². The molecule has 0 N–H and O–H groups in total. The average molecular weight is 271 g/mol. The molecule has 2 rings (SSSR count). The normalized spacial score (nSPS) is 32.2. The smallest absolute Gasteiger partial charge is 0.410 e. The van der Waals surface area contributed by atoms with E-state index in [-0.39, 0.29) is 6.09 Å². The molecule has 18 heavy (non-hydrogen) atoms. The number of thiol groups is 1. The van der Waals surface area contributed by atoms with Crippen molar-refractivity contribution in [2.75, 3.05) is 18.8 Å². The molecule has 0 aromatic rings. The summed E-state index contributed by atoms with van der Waals surface area (Å²) in [7, 11) is 0. The number of amides is 1. The Kier molecular flexibility index (Phi) is 3.86. The van der Waals surface area contributed by atoms with E-state index in [2.05, 4.69) is 12.6 Å². The van der Waals surface area contributed by atoms with Crippen LogP contribution in [0.1, 0.15) is 46.5 Å². The molecule has 1 aliphatic heterocycles. The fourth-order valence-electron chi connectivity index (χ4n) is 3.27. The summed E-state index contributed by atoms with van der Waals surface area (Å²) < 4.78 is 5.45. The highest BCUT2D eigenvalue weighted by Crippen LogP contribution is 2.48. The van der Waals surface area contributed by atoms with E-state index in [0.29, 0.717) is 5.41 Å². The third-order valence-electron chi connectivity index (χ3n) is 4.15. The first-order valence-electron chi connectivity index (χ1n) is 6.92. The fourth-order valence-corrected chi connectivity index (χ4v) is 3.58. The Morgan fingerprint density at radius 2 is 2.17 bits per heavy atom. The Morgan fingerprint density at radius 3 is 2.72 bits per heavy atom. The minimum atomic E-state index is -0.393. The molecule has 2 atom stereocenters. The van der Waals surface area contributed by atoms with Gasteiger partial charge in [-0.15, -0.1) is 0 Å². The van der Waals surface area contributed by atoms with Gasteiger partial charge in [0, 0.05) is 13.1 Å². The highest BCUT2D eigenvalue weighted by Gasteiger charge is 2.45. The molecule has 1 amide bonds. The second-order valence-corrected chi connectivity index (χ2v) is 7.31. The molecule has 0 bridgehead atoms. The number of likely N-dealkylation sites (tertiary alicyclic amines) is 1. The van der Waals surface area contributed by atoms with Crippen LogP contribution in [0.25, 0.3) is 0 Å².